The zero-order valence-corrected chi connectivity index (χ0v) is 13.4. The molecule has 3 heterocycles. The third kappa shape index (κ3) is 2.50. The molecule has 1 aromatic carbocycles. The Morgan fingerprint density at radius 3 is 2.70 bits per heavy atom. The molecule has 0 saturated heterocycles. The van der Waals surface area contributed by atoms with E-state index in [0.717, 1.165) is 15.9 Å². The highest BCUT2D eigenvalue weighted by molar-refractivity contribution is 7.22. The monoisotopic (exact) mass is 330 g/mol. The van der Waals surface area contributed by atoms with Gasteiger partial charge in [-0.15, -0.1) is 0 Å². The number of nitrogens with one attached hydrogen (secondary N) is 1. The van der Waals surface area contributed by atoms with Gasteiger partial charge in [-0.2, -0.15) is 5.10 Å². The quantitative estimate of drug-likeness (QED) is 0.780. The molecule has 0 fully saturated rings. The van der Waals surface area contributed by atoms with Gasteiger partial charge in [0, 0.05) is 24.9 Å². The lowest BCUT2D eigenvalue weighted by Crippen LogP contribution is -2.15. The second-order valence-corrected chi connectivity index (χ2v) is 6.26. The molecule has 1 amide bonds. The van der Waals surface area contributed by atoms with Crippen molar-refractivity contribution in [2.45, 2.75) is 6.92 Å². The summed E-state index contributed by atoms with van der Waals surface area (Å²) in [5.74, 6) is 1.13. The number of anilines is 1. The smallest absolute Gasteiger partial charge is 0.277 e. The number of ether oxygens (including phenoxy) is 2. The standard InChI is InChI=1S/C15H14N4O3S/c1-8-5-10(18-19(8)2)14(20)17-15-16-9-6-11-12(7-13(9)23-15)22-4-3-21-11/h5-7H,3-4H2,1-2H3,(H,16,17,20). The molecule has 1 aliphatic rings. The molecule has 4 rings (SSSR count). The normalized spacial score (nSPS) is 13.3. The van der Waals surface area contributed by atoms with E-state index in [4.69, 9.17) is 9.47 Å². The van der Waals surface area contributed by atoms with Crippen LogP contribution in [0.4, 0.5) is 5.13 Å². The number of benzene rings is 1. The van der Waals surface area contributed by atoms with Crippen molar-refractivity contribution < 1.29 is 14.3 Å². The maximum absolute atomic E-state index is 12.2. The van der Waals surface area contributed by atoms with Crippen LogP contribution >= 0.6 is 11.3 Å². The van der Waals surface area contributed by atoms with E-state index in [1.165, 1.54) is 11.3 Å². The molecule has 0 unspecified atom stereocenters. The summed E-state index contributed by atoms with van der Waals surface area (Å²) in [5, 5.41) is 7.48. The number of hydrogen-bond donors (Lipinski definition) is 1. The highest BCUT2D eigenvalue weighted by Crippen LogP contribution is 2.37. The van der Waals surface area contributed by atoms with Crippen LogP contribution in [0, 0.1) is 6.92 Å². The van der Waals surface area contributed by atoms with Gasteiger partial charge in [-0.3, -0.25) is 14.8 Å². The van der Waals surface area contributed by atoms with Gasteiger partial charge < -0.3 is 9.47 Å². The first-order valence-corrected chi connectivity index (χ1v) is 7.94. The molecule has 1 aliphatic heterocycles. The van der Waals surface area contributed by atoms with Gasteiger partial charge in [-0.1, -0.05) is 11.3 Å². The number of fused-ring (bicyclic) bond motifs is 2. The minimum Gasteiger partial charge on any atom is -0.486 e. The lowest BCUT2D eigenvalue weighted by Gasteiger charge is -2.17. The maximum Gasteiger partial charge on any atom is 0.277 e. The molecular formula is C15H14N4O3S. The number of thiazole rings is 1. The van der Waals surface area contributed by atoms with Crippen molar-refractivity contribution >= 4 is 32.6 Å². The summed E-state index contributed by atoms with van der Waals surface area (Å²) in [7, 11) is 1.80. The Bertz CT molecular complexity index is 852. The van der Waals surface area contributed by atoms with Crippen LogP contribution in [0.3, 0.4) is 0 Å². The molecule has 1 N–H and O–H groups in total. The van der Waals surface area contributed by atoms with Crippen molar-refractivity contribution in [1.82, 2.24) is 14.8 Å². The molecule has 23 heavy (non-hydrogen) atoms. The van der Waals surface area contributed by atoms with Crippen molar-refractivity contribution in [3.8, 4) is 11.5 Å². The first-order valence-electron chi connectivity index (χ1n) is 7.12. The van der Waals surface area contributed by atoms with E-state index in [0.29, 0.717) is 35.5 Å². The van der Waals surface area contributed by atoms with Crippen LogP contribution in [0.15, 0.2) is 18.2 Å². The topological polar surface area (TPSA) is 78.3 Å². The number of carbonyl (C=O) groups excluding carboxylic acids is 1. The van der Waals surface area contributed by atoms with E-state index >= 15 is 0 Å². The number of aromatic nitrogens is 3. The number of hydrogen-bond acceptors (Lipinski definition) is 6. The summed E-state index contributed by atoms with van der Waals surface area (Å²) in [6.07, 6.45) is 0. The largest absolute Gasteiger partial charge is 0.486 e. The van der Waals surface area contributed by atoms with Crippen LogP contribution in [0.2, 0.25) is 0 Å². The zero-order chi connectivity index (χ0) is 16.0. The number of carbonyl (C=O) groups is 1. The second-order valence-electron chi connectivity index (χ2n) is 5.23. The fourth-order valence-electron chi connectivity index (χ4n) is 2.35. The molecule has 0 bridgehead atoms. The van der Waals surface area contributed by atoms with E-state index in [1.54, 1.807) is 17.8 Å². The molecule has 0 saturated carbocycles. The summed E-state index contributed by atoms with van der Waals surface area (Å²) in [6.45, 7) is 2.97. The fraction of sp³-hybridized carbons (Fsp3) is 0.267. The van der Waals surface area contributed by atoms with Crippen LogP contribution in [0.1, 0.15) is 16.2 Å². The van der Waals surface area contributed by atoms with Gasteiger partial charge in [-0.05, 0) is 13.0 Å². The maximum atomic E-state index is 12.2. The van der Waals surface area contributed by atoms with Gasteiger partial charge in [0.25, 0.3) is 5.91 Å². The fourth-order valence-corrected chi connectivity index (χ4v) is 3.22. The number of aryl methyl sites for hydroxylation is 2. The SMILES string of the molecule is Cc1cc(C(=O)Nc2nc3cc4c(cc3s2)OCCO4)nn1C. The Hall–Kier alpha value is -2.61. The Kier molecular flexibility index (Phi) is 3.19. The molecule has 0 radical (unpaired) electrons. The number of nitrogens with zero attached hydrogens (tertiary/aromatic N) is 3. The molecule has 8 heteroatoms. The van der Waals surface area contributed by atoms with Crippen LogP contribution in [-0.4, -0.2) is 33.9 Å². The molecule has 0 aliphatic carbocycles. The van der Waals surface area contributed by atoms with E-state index < -0.39 is 0 Å². The Morgan fingerprint density at radius 1 is 1.26 bits per heavy atom. The molecule has 0 spiro atoms. The van der Waals surface area contributed by atoms with Gasteiger partial charge >= 0.3 is 0 Å². The Labute approximate surface area is 135 Å². The Morgan fingerprint density at radius 2 is 2.00 bits per heavy atom. The third-order valence-electron chi connectivity index (χ3n) is 3.62. The molecule has 2 aromatic heterocycles. The first kappa shape index (κ1) is 14.0. The predicted octanol–water partition coefficient (Wildman–Crippen LogP) is 2.36. The van der Waals surface area contributed by atoms with E-state index in [-0.39, 0.29) is 5.91 Å². The van der Waals surface area contributed by atoms with Crippen molar-refractivity contribution in [2.24, 2.45) is 7.05 Å². The average Bonchev–Trinajstić information content (AvgIpc) is 3.07. The van der Waals surface area contributed by atoms with E-state index in [9.17, 15) is 4.79 Å². The van der Waals surface area contributed by atoms with Crippen LogP contribution in [0.25, 0.3) is 10.2 Å². The first-order chi connectivity index (χ1) is 11.1. The van der Waals surface area contributed by atoms with Crippen molar-refractivity contribution in [3.05, 3.63) is 29.6 Å². The molecule has 118 valence electrons. The van der Waals surface area contributed by atoms with E-state index in [1.807, 2.05) is 19.1 Å². The summed E-state index contributed by atoms with van der Waals surface area (Å²) in [4.78, 5) is 16.7. The van der Waals surface area contributed by atoms with Crippen molar-refractivity contribution in [3.63, 3.8) is 0 Å². The highest BCUT2D eigenvalue weighted by Gasteiger charge is 2.17. The van der Waals surface area contributed by atoms with Crippen LogP contribution in [-0.2, 0) is 7.05 Å². The molecular weight excluding hydrogens is 316 g/mol. The average molecular weight is 330 g/mol. The van der Waals surface area contributed by atoms with E-state index in [2.05, 4.69) is 15.4 Å². The molecule has 0 atom stereocenters. The summed E-state index contributed by atoms with van der Waals surface area (Å²) in [5.41, 5.74) is 2.06. The summed E-state index contributed by atoms with van der Waals surface area (Å²) >= 11 is 1.39. The lowest BCUT2D eigenvalue weighted by atomic mass is 10.3. The number of rotatable bonds is 2. The van der Waals surface area contributed by atoms with Crippen LogP contribution in [0.5, 0.6) is 11.5 Å². The van der Waals surface area contributed by atoms with Gasteiger partial charge in [-0.25, -0.2) is 4.98 Å². The highest BCUT2D eigenvalue weighted by atomic mass is 32.1. The lowest BCUT2D eigenvalue weighted by molar-refractivity contribution is 0.102. The second kappa shape index (κ2) is 5.24. The number of amides is 1. The van der Waals surface area contributed by atoms with Gasteiger partial charge in [0.15, 0.2) is 22.3 Å². The predicted molar refractivity (Wildman–Crippen MR) is 86.5 cm³/mol. The van der Waals surface area contributed by atoms with Gasteiger partial charge in [0.2, 0.25) is 0 Å². The van der Waals surface area contributed by atoms with Crippen molar-refractivity contribution in [1.29, 1.82) is 0 Å². The van der Waals surface area contributed by atoms with Crippen molar-refractivity contribution in [2.75, 3.05) is 18.5 Å². The molecule has 3 aromatic rings. The zero-order valence-electron chi connectivity index (χ0n) is 12.6. The van der Waals surface area contributed by atoms with Crippen LogP contribution < -0.4 is 14.8 Å². The minimum absolute atomic E-state index is 0.273. The van der Waals surface area contributed by atoms with Gasteiger partial charge in [0.05, 0.1) is 10.2 Å². The summed E-state index contributed by atoms with van der Waals surface area (Å²) in [6, 6.07) is 5.46. The molecule has 7 nitrogen and oxygen atoms in total. The summed E-state index contributed by atoms with van der Waals surface area (Å²) < 4.78 is 13.7. The minimum atomic E-state index is -0.273. The third-order valence-corrected chi connectivity index (χ3v) is 4.55. The van der Waals surface area contributed by atoms with Gasteiger partial charge in [0.1, 0.15) is 13.2 Å². The Balaban J connectivity index is 1.63.